The van der Waals surface area contributed by atoms with Gasteiger partial charge in [0.15, 0.2) is 6.10 Å². The highest BCUT2D eigenvalue weighted by atomic mass is 19.4. The van der Waals surface area contributed by atoms with E-state index in [9.17, 15) is 26.7 Å². The zero-order chi connectivity index (χ0) is 17.6. The highest BCUT2D eigenvalue weighted by Crippen LogP contribution is 2.28. The largest absolute Gasteiger partial charge is 0.449 e. The predicted octanol–water partition coefficient (Wildman–Crippen LogP) is 4.18. The number of rotatable bonds is 7. The molecular weight excluding hydrogens is 323 g/mol. The number of hydrogen-bond donors (Lipinski definition) is 0. The van der Waals surface area contributed by atoms with Crippen molar-refractivity contribution in [2.75, 3.05) is 13.7 Å². The molecule has 0 fully saturated rings. The maximum Gasteiger partial charge on any atom is 0.425 e. The van der Waals surface area contributed by atoms with Crippen LogP contribution in [0.2, 0.25) is 0 Å². The molecule has 8 heteroatoms. The predicted molar refractivity (Wildman–Crippen MR) is 72.1 cm³/mol. The summed E-state index contributed by atoms with van der Waals surface area (Å²) >= 11 is 0. The molecule has 1 aromatic rings. The fourth-order valence-electron chi connectivity index (χ4n) is 1.86. The molecule has 0 aliphatic rings. The summed E-state index contributed by atoms with van der Waals surface area (Å²) in [6.07, 6.45) is -7.18. The van der Waals surface area contributed by atoms with E-state index in [1.165, 1.54) is 14.0 Å². The molecule has 0 aliphatic carbocycles. The summed E-state index contributed by atoms with van der Waals surface area (Å²) in [7, 11) is 1.41. The second-order valence-electron chi connectivity index (χ2n) is 5.01. The fourth-order valence-corrected chi connectivity index (χ4v) is 1.86. The Labute approximate surface area is 130 Å². The van der Waals surface area contributed by atoms with Gasteiger partial charge in [-0.2, -0.15) is 13.2 Å². The number of esters is 1. The van der Waals surface area contributed by atoms with Gasteiger partial charge in [-0.15, -0.1) is 0 Å². The third-order valence-corrected chi connectivity index (χ3v) is 3.15. The van der Waals surface area contributed by atoms with Crippen molar-refractivity contribution < 1.29 is 36.2 Å². The van der Waals surface area contributed by atoms with Crippen molar-refractivity contribution in [3.63, 3.8) is 0 Å². The van der Waals surface area contributed by atoms with Crippen molar-refractivity contribution in [2.45, 2.75) is 38.5 Å². The Morgan fingerprint density at radius 1 is 1.17 bits per heavy atom. The van der Waals surface area contributed by atoms with Crippen molar-refractivity contribution in [1.82, 2.24) is 0 Å². The molecule has 0 saturated carbocycles. The van der Waals surface area contributed by atoms with Gasteiger partial charge in [0.1, 0.15) is 11.6 Å². The lowest BCUT2D eigenvalue weighted by Crippen LogP contribution is -2.34. The molecule has 0 aliphatic heterocycles. The molecule has 0 spiro atoms. The maximum absolute atomic E-state index is 13.6. The van der Waals surface area contributed by atoms with E-state index in [2.05, 4.69) is 4.74 Å². The first kappa shape index (κ1) is 19.3. The molecular formula is C15H17F5O3. The summed E-state index contributed by atoms with van der Waals surface area (Å²) in [6.45, 7) is 1.54. The Morgan fingerprint density at radius 2 is 1.83 bits per heavy atom. The van der Waals surface area contributed by atoms with E-state index in [1.54, 1.807) is 0 Å². The molecule has 1 unspecified atom stereocenters. The molecule has 0 amide bonds. The lowest BCUT2D eigenvalue weighted by atomic mass is 10.1. The van der Waals surface area contributed by atoms with Crippen LogP contribution in [0.25, 0.3) is 0 Å². The van der Waals surface area contributed by atoms with Crippen LogP contribution in [0.3, 0.4) is 0 Å². The lowest BCUT2D eigenvalue weighted by Gasteiger charge is -2.21. The quantitative estimate of drug-likeness (QED) is 0.424. The minimum atomic E-state index is -4.79. The summed E-state index contributed by atoms with van der Waals surface area (Å²) < 4.78 is 74.7. The van der Waals surface area contributed by atoms with E-state index in [0.717, 1.165) is 6.07 Å². The van der Waals surface area contributed by atoms with Crippen LogP contribution in [0.4, 0.5) is 22.0 Å². The van der Waals surface area contributed by atoms with Gasteiger partial charge in [-0.25, -0.2) is 13.6 Å². The molecule has 1 rings (SSSR count). The van der Waals surface area contributed by atoms with Crippen LogP contribution in [0.15, 0.2) is 12.1 Å². The molecule has 0 saturated heterocycles. The Hall–Kier alpha value is -1.70. The smallest absolute Gasteiger partial charge is 0.425 e. The molecule has 1 aromatic carbocycles. The Kier molecular flexibility index (Phi) is 6.93. The third kappa shape index (κ3) is 5.78. The third-order valence-electron chi connectivity index (χ3n) is 3.15. The van der Waals surface area contributed by atoms with Crippen molar-refractivity contribution in [2.24, 2.45) is 0 Å². The normalized spacial score (nSPS) is 13.0. The number of aryl methyl sites for hydroxylation is 1. The number of alkyl halides is 3. The van der Waals surface area contributed by atoms with Crippen LogP contribution in [-0.2, 0) is 9.47 Å². The van der Waals surface area contributed by atoms with Crippen molar-refractivity contribution in [3.05, 3.63) is 34.9 Å². The molecule has 130 valence electrons. The van der Waals surface area contributed by atoms with E-state index in [1.807, 2.05) is 0 Å². The van der Waals surface area contributed by atoms with Gasteiger partial charge in [-0.1, -0.05) is 0 Å². The minimum Gasteiger partial charge on any atom is -0.449 e. The molecule has 1 atom stereocenters. The molecule has 0 N–H and O–H groups in total. The molecule has 0 heterocycles. The first-order valence-corrected chi connectivity index (χ1v) is 6.89. The van der Waals surface area contributed by atoms with E-state index >= 15 is 0 Å². The van der Waals surface area contributed by atoms with E-state index in [4.69, 9.17) is 4.74 Å². The zero-order valence-electron chi connectivity index (χ0n) is 12.7. The molecule has 0 bridgehead atoms. The topological polar surface area (TPSA) is 35.5 Å². The van der Waals surface area contributed by atoms with Crippen molar-refractivity contribution in [1.29, 1.82) is 0 Å². The molecule has 0 aromatic heterocycles. The number of carbonyl (C=O) groups excluding carboxylic acids is 1. The van der Waals surface area contributed by atoms with Gasteiger partial charge in [0.05, 0.1) is 5.56 Å². The van der Waals surface area contributed by atoms with Crippen LogP contribution < -0.4 is 0 Å². The van der Waals surface area contributed by atoms with Crippen LogP contribution in [0.5, 0.6) is 0 Å². The Balaban J connectivity index is 2.83. The average Bonchev–Trinajstić information content (AvgIpc) is 2.44. The second kappa shape index (κ2) is 8.24. The number of hydrogen-bond acceptors (Lipinski definition) is 3. The molecule has 3 nitrogen and oxygen atoms in total. The maximum atomic E-state index is 13.6. The summed E-state index contributed by atoms with van der Waals surface area (Å²) in [6, 6.07) is 1.26. The Bertz CT molecular complexity index is 543. The van der Waals surface area contributed by atoms with Gasteiger partial charge in [0.25, 0.3) is 0 Å². The number of unbranched alkanes of at least 4 members (excludes halogenated alkanes) is 1. The van der Waals surface area contributed by atoms with E-state index in [-0.39, 0.29) is 18.6 Å². The highest BCUT2D eigenvalue weighted by molar-refractivity contribution is 5.90. The van der Waals surface area contributed by atoms with Crippen LogP contribution in [0, 0.1) is 18.6 Å². The van der Waals surface area contributed by atoms with Gasteiger partial charge in [0.2, 0.25) is 0 Å². The number of methoxy groups -OCH3 is 1. The van der Waals surface area contributed by atoms with Crippen LogP contribution in [0.1, 0.15) is 35.2 Å². The molecule has 0 radical (unpaired) electrons. The first-order chi connectivity index (χ1) is 10.7. The van der Waals surface area contributed by atoms with Gasteiger partial charge in [-0.3, -0.25) is 0 Å². The van der Waals surface area contributed by atoms with E-state index < -0.39 is 41.9 Å². The molecule has 23 heavy (non-hydrogen) atoms. The van der Waals surface area contributed by atoms with Crippen LogP contribution in [-0.4, -0.2) is 32.0 Å². The zero-order valence-corrected chi connectivity index (χ0v) is 12.7. The lowest BCUT2D eigenvalue weighted by molar-refractivity contribution is -0.206. The Morgan fingerprint density at radius 3 is 2.39 bits per heavy atom. The van der Waals surface area contributed by atoms with E-state index in [0.29, 0.717) is 12.5 Å². The fraction of sp³-hybridized carbons (Fsp3) is 0.533. The standard InChI is InChI=1S/C15H17F5O3/c1-9-7-12(17)10(8-11(9)16)14(21)23-13(15(18,19)20)5-3-4-6-22-2/h7-8,13H,3-6H2,1-2H3. The summed E-state index contributed by atoms with van der Waals surface area (Å²) in [4.78, 5) is 11.7. The average molecular weight is 340 g/mol. The number of carbonyl (C=O) groups is 1. The SMILES string of the molecule is COCCCCC(OC(=O)c1cc(F)c(C)cc1F)C(F)(F)F. The van der Waals surface area contributed by atoms with Crippen molar-refractivity contribution >= 4 is 5.97 Å². The minimum absolute atomic E-state index is 0.0639. The summed E-state index contributed by atoms with van der Waals surface area (Å²) in [5.74, 6) is -3.58. The summed E-state index contributed by atoms with van der Waals surface area (Å²) in [5, 5.41) is 0. The first-order valence-electron chi connectivity index (χ1n) is 6.89. The van der Waals surface area contributed by atoms with Gasteiger partial charge in [0, 0.05) is 13.7 Å². The van der Waals surface area contributed by atoms with Gasteiger partial charge < -0.3 is 9.47 Å². The second-order valence-corrected chi connectivity index (χ2v) is 5.01. The number of benzene rings is 1. The van der Waals surface area contributed by atoms with Gasteiger partial charge >= 0.3 is 12.1 Å². The highest BCUT2D eigenvalue weighted by Gasteiger charge is 2.42. The monoisotopic (exact) mass is 340 g/mol. The van der Waals surface area contributed by atoms with Crippen molar-refractivity contribution in [3.8, 4) is 0 Å². The van der Waals surface area contributed by atoms with Gasteiger partial charge in [-0.05, 0) is 43.9 Å². The number of halogens is 5. The summed E-state index contributed by atoms with van der Waals surface area (Å²) in [5.41, 5.74) is -0.926. The van der Waals surface area contributed by atoms with Crippen LogP contribution >= 0.6 is 0 Å². The number of ether oxygens (including phenoxy) is 2.